The smallest absolute Gasteiger partial charge is 0.311 e. The monoisotopic (exact) mass is 748 g/mol. The van der Waals surface area contributed by atoms with E-state index in [0.717, 1.165) is 0 Å². The van der Waals surface area contributed by atoms with Gasteiger partial charge in [0.05, 0.1) is 53.4 Å². The standard InChI is InChI=1S/C37H68N2O13/c1-14-25-37(10,45)30(41)20(4)27(38-46)18(2)16-35(8,44)32(52-34-28(40)24(39(11)12)15-19(3)48-34)21(5)29(22(6)33(43)50-25)51-26-17-36(9,47-13)31(42)23(7)49-26/h18-26,28-32,34,40-42,44-46H,14-17H2,1-13H3/b38-27+/t18-,19-,20+,21+,22-,23+,24?,25-,26?,28?,29+,30-,31?,32-,34?,35-,36?,37-/m1/s1. The molecule has 0 saturated carbocycles. The molecule has 0 aromatic carbocycles. The molecule has 0 aromatic heterocycles. The Hall–Kier alpha value is -1.50. The Labute approximate surface area is 309 Å². The first-order valence-corrected chi connectivity index (χ1v) is 18.7. The van der Waals surface area contributed by atoms with Gasteiger partial charge in [0, 0.05) is 37.3 Å². The molecule has 3 aliphatic heterocycles. The molecule has 6 unspecified atom stereocenters. The second-order valence-corrected chi connectivity index (χ2v) is 16.6. The second kappa shape index (κ2) is 17.5. The number of aliphatic hydroxyl groups excluding tert-OH is 3. The lowest BCUT2D eigenvalue weighted by Crippen LogP contribution is -2.61. The van der Waals surface area contributed by atoms with Crippen molar-refractivity contribution in [2.24, 2.45) is 28.8 Å². The Bertz CT molecular complexity index is 1200. The Morgan fingerprint density at radius 2 is 1.54 bits per heavy atom. The molecule has 6 N–H and O–H groups in total. The summed E-state index contributed by atoms with van der Waals surface area (Å²) in [6, 6.07) is -0.322. The highest BCUT2D eigenvalue weighted by atomic mass is 16.7. The van der Waals surface area contributed by atoms with Crippen molar-refractivity contribution in [1.29, 1.82) is 0 Å². The van der Waals surface area contributed by atoms with Gasteiger partial charge >= 0.3 is 5.97 Å². The number of cyclic esters (lactones) is 1. The summed E-state index contributed by atoms with van der Waals surface area (Å²) < 4.78 is 37.2. The van der Waals surface area contributed by atoms with E-state index >= 15 is 0 Å². The number of oxime groups is 1. The molecular weight excluding hydrogens is 680 g/mol. The normalized spacial score (nSPS) is 49.8. The molecule has 15 nitrogen and oxygen atoms in total. The summed E-state index contributed by atoms with van der Waals surface area (Å²) in [6.07, 6.45) is -9.51. The van der Waals surface area contributed by atoms with Crippen LogP contribution in [0.25, 0.3) is 0 Å². The fraction of sp³-hybridized carbons (Fsp3) is 0.946. The van der Waals surface area contributed by atoms with Crippen LogP contribution in [0.3, 0.4) is 0 Å². The molecule has 15 heteroatoms. The number of hydrogen-bond donors (Lipinski definition) is 6. The quantitative estimate of drug-likeness (QED) is 0.125. The maximum absolute atomic E-state index is 14.1. The van der Waals surface area contributed by atoms with Crippen molar-refractivity contribution in [3.63, 3.8) is 0 Å². The summed E-state index contributed by atoms with van der Waals surface area (Å²) in [7, 11) is 5.19. The number of aliphatic hydroxyl groups is 5. The van der Waals surface area contributed by atoms with E-state index in [9.17, 15) is 35.5 Å². The molecule has 304 valence electrons. The van der Waals surface area contributed by atoms with Crippen LogP contribution >= 0.6 is 0 Å². The fourth-order valence-electron chi connectivity index (χ4n) is 8.61. The van der Waals surface area contributed by atoms with Crippen LogP contribution in [-0.2, 0) is 33.2 Å². The number of carbonyl (C=O) groups is 1. The predicted molar refractivity (Wildman–Crippen MR) is 190 cm³/mol. The Morgan fingerprint density at radius 1 is 0.923 bits per heavy atom. The average molecular weight is 749 g/mol. The molecule has 18 atom stereocenters. The molecule has 0 aromatic rings. The van der Waals surface area contributed by atoms with Gasteiger partial charge in [0.25, 0.3) is 0 Å². The summed E-state index contributed by atoms with van der Waals surface area (Å²) in [4.78, 5) is 16.0. The van der Waals surface area contributed by atoms with E-state index in [1.165, 1.54) is 14.0 Å². The van der Waals surface area contributed by atoms with Gasteiger partial charge in [-0.25, -0.2) is 0 Å². The summed E-state index contributed by atoms with van der Waals surface area (Å²) >= 11 is 0. The minimum atomic E-state index is -1.97. The minimum Gasteiger partial charge on any atom is -0.459 e. The van der Waals surface area contributed by atoms with Crippen molar-refractivity contribution < 1.29 is 64.0 Å². The summed E-state index contributed by atoms with van der Waals surface area (Å²) in [5, 5.41) is 71.8. The molecule has 0 bridgehead atoms. The number of rotatable bonds is 7. The molecular formula is C37H68N2O13. The van der Waals surface area contributed by atoms with Crippen LogP contribution in [0, 0.1) is 23.7 Å². The Kier molecular flexibility index (Phi) is 15.1. The van der Waals surface area contributed by atoms with Crippen molar-refractivity contribution in [3.05, 3.63) is 0 Å². The van der Waals surface area contributed by atoms with Gasteiger partial charge in [-0.15, -0.1) is 0 Å². The van der Waals surface area contributed by atoms with Crippen molar-refractivity contribution in [1.82, 2.24) is 4.90 Å². The molecule has 52 heavy (non-hydrogen) atoms. The van der Waals surface area contributed by atoms with Crippen LogP contribution in [0.1, 0.15) is 94.9 Å². The van der Waals surface area contributed by atoms with Crippen LogP contribution in [0.15, 0.2) is 5.16 Å². The molecule has 3 heterocycles. The third-order valence-electron chi connectivity index (χ3n) is 12.0. The zero-order chi connectivity index (χ0) is 39.7. The SMILES string of the molecule is CC[C@H]1OC(=O)[C@H](C)[C@@H](OC2CC(C)(OC)C(O)[C@H](C)O2)[C@H](C)[C@@H](OC2O[C@H](C)CC(N(C)C)C2O)[C@](C)(O)C[C@@H](C)/C(=N\O)[C@H](C)[C@@H](O)[C@]1(C)O. The van der Waals surface area contributed by atoms with Gasteiger partial charge in [-0.05, 0) is 74.9 Å². The van der Waals surface area contributed by atoms with E-state index in [1.807, 2.05) is 25.9 Å². The molecule has 0 aliphatic carbocycles. The first-order valence-electron chi connectivity index (χ1n) is 18.7. The lowest BCUT2D eigenvalue weighted by Gasteiger charge is -2.49. The molecule has 3 fully saturated rings. The summed E-state index contributed by atoms with van der Waals surface area (Å²) in [6.45, 7) is 16.6. The number of hydrogen-bond acceptors (Lipinski definition) is 15. The van der Waals surface area contributed by atoms with E-state index in [2.05, 4.69) is 5.16 Å². The highest BCUT2D eigenvalue weighted by Crippen LogP contribution is 2.41. The second-order valence-electron chi connectivity index (χ2n) is 16.6. The van der Waals surface area contributed by atoms with Crippen LogP contribution in [0.5, 0.6) is 0 Å². The van der Waals surface area contributed by atoms with Gasteiger partial charge in [-0.3, -0.25) is 4.79 Å². The van der Waals surface area contributed by atoms with E-state index in [-0.39, 0.29) is 37.1 Å². The lowest BCUT2D eigenvalue weighted by atomic mass is 9.73. The topological polar surface area (TPSA) is 209 Å². The number of methoxy groups -OCH3 is 1. The van der Waals surface area contributed by atoms with Crippen molar-refractivity contribution in [2.75, 3.05) is 21.2 Å². The van der Waals surface area contributed by atoms with Crippen LogP contribution in [-0.4, -0.2) is 153 Å². The molecule has 3 saturated heterocycles. The van der Waals surface area contributed by atoms with Gasteiger partial charge in [-0.1, -0.05) is 32.9 Å². The van der Waals surface area contributed by atoms with Gasteiger partial charge in [0.2, 0.25) is 0 Å². The predicted octanol–water partition coefficient (Wildman–Crippen LogP) is 2.05. The Balaban J connectivity index is 2.21. The van der Waals surface area contributed by atoms with Gasteiger partial charge in [-0.2, -0.15) is 0 Å². The maximum atomic E-state index is 14.1. The van der Waals surface area contributed by atoms with Gasteiger partial charge in [0.1, 0.15) is 23.9 Å². The fourth-order valence-corrected chi connectivity index (χ4v) is 8.61. The minimum absolute atomic E-state index is 0.0657. The first-order chi connectivity index (χ1) is 24.0. The highest BCUT2D eigenvalue weighted by Gasteiger charge is 2.53. The zero-order valence-electron chi connectivity index (χ0n) is 33.4. The molecule has 0 amide bonds. The van der Waals surface area contributed by atoms with E-state index in [0.29, 0.717) is 6.42 Å². The summed E-state index contributed by atoms with van der Waals surface area (Å²) in [5.41, 5.74) is -4.68. The number of carbonyl (C=O) groups excluding carboxylic acids is 1. The van der Waals surface area contributed by atoms with Crippen LogP contribution in [0.2, 0.25) is 0 Å². The van der Waals surface area contributed by atoms with Gasteiger partial charge < -0.3 is 64.1 Å². The third kappa shape index (κ3) is 9.47. The molecule has 0 radical (unpaired) electrons. The van der Waals surface area contributed by atoms with Gasteiger partial charge in [0.15, 0.2) is 12.6 Å². The van der Waals surface area contributed by atoms with Crippen LogP contribution < -0.4 is 0 Å². The lowest BCUT2D eigenvalue weighted by molar-refractivity contribution is -0.317. The number of likely N-dealkylation sites (N-methyl/N-ethyl adjacent to an activating group) is 1. The van der Waals surface area contributed by atoms with Crippen LogP contribution in [0.4, 0.5) is 0 Å². The Morgan fingerprint density at radius 3 is 2.08 bits per heavy atom. The molecule has 0 spiro atoms. The first kappa shape index (κ1) is 44.9. The highest BCUT2D eigenvalue weighted by molar-refractivity contribution is 5.88. The number of ether oxygens (including phenoxy) is 6. The third-order valence-corrected chi connectivity index (χ3v) is 12.0. The van der Waals surface area contributed by atoms with E-state index < -0.39 is 102 Å². The van der Waals surface area contributed by atoms with E-state index in [4.69, 9.17) is 28.4 Å². The molecule has 3 rings (SSSR count). The number of esters is 1. The molecule has 3 aliphatic rings. The average Bonchev–Trinajstić information content (AvgIpc) is 3.06. The largest absolute Gasteiger partial charge is 0.459 e. The van der Waals surface area contributed by atoms with Crippen molar-refractivity contribution in [2.45, 2.75) is 179 Å². The van der Waals surface area contributed by atoms with E-state index in [1.54, 1.807) is 55.4 Å². The number of nitrogens with zero attached hydrogens (tertiary/aromatic N) is 2. The summed E-state index contributed by atoms with van der Waals surface area (Å²) in [5.74, 6) is -4.24. The van der Waals surface area contributed by atoms with Crippen molar-refractivity contribution >= 4 is 11.7 Å². The van der Waals surface area contributed by atoms with Crippen molar-refractivity contribution in [3.8, 4) is 0 Å². The maximum Gasteiger partial charge on any atom is 0.311 e. The zero-order valence-corrected chi connectivity index (χ0v) is 33.4.